The topological polar surface area (TPSA) is 80.5 Å². The minimum Gasteiger partial charge on any atom is -0.421 e. The molecule has 2 aromatic carbocycles. The van der Waals surface area contributed by atoms with Crippen molar-refractivity contribution < 1.29 is 4.42 Å². The van der Waals surface area contributed by atoms with Gasteiger partial charge >= 0.3 is 0 Å². The summed E-state index contributed by atoms with van der Waals surface area (Å²) in [5, 5.41) is 22.2. The van der Waals surface area contributed by atoms with Crippen LogP contribution < -0.4 is 0 Å². The molecule has 0 amide bonds. The molecule has 0 unspecified atom stereocenters. The second-order valence-electron chi connectivity index (χ2n) is 5.89. The molecule has 6 nitrogen and oxygen atoms in total. The second-order valence-corrected chi connectivity index (χ2v) is 6.81. The molecule has 0 spiro atoms. The van der Waals surface area contributed by atoms with E-state index >= 15 is 0 Å². The molecule has 0 saturated carbocycles. The van der Waals surface area contributed by atoms with E-state index in [-0.39, 0.29) is 0 Å². The van der Waals surface area contributed by atoms with Gasteiger partial charge in [-0.25, -0.2) is 0 Å². The first-order valence-corrected chi connectivity index (χ1v) is 9.13. The molecule has 0 aliphatic rings. The third-order valence-corrected chi connectivity index (χ3v) is 4.52. The average molecular weight is 420 g/mol. The van der Waals surface area contributed by atoms with Crippen LogP contribution in [-0.2, 0) is 13.0 Å². The lowest BCUT2D eigenvalue weighted by Crippen LogP contribution is -2.02. The maximum Gasteiger partial charge on any atom is 0.247 e. The molecule has 0 N–H and O–H groups in total. The van der Waals surface area contributed by atoms with Crippen LogP contribution in [0.3, 0.4) is 0 Å². The van der Waals surface area contributed by atoms with E-state index in [0.717, 1.165) is 15.6 Å². The van der Waals surface area contributed by atoms with Gasteiger partial charge in [0.25, 0.3) is 0 Å². The Morgan fingerprint density at radius 3 is 2.63 bits per heavy atom. The Labute approximate surface area is 164 Å². The van der Waals surface area contributed by atoms with Gasteiger partial charge < -0.3 is 4.42 Å². The molecule has 0 fully saturated rings. The summed E-state index contributed by atoms with van der Waals surface area (Å²) in [7, 11) is 0. The van der Waals surface area contributed by atoms with E-state index in [4.69, 9.17) is 4.42 Å². The second kappa shape index (κ2) is 7.56. The van der Waals surface area contributed by atoms with E-state index in [2.05, 4.69) is 37.3 Å². The van der Waals surface area contributed by atoms with Crippen LogP contribution in [0.15, 0.2) is 69.7 Å². The van der Waals surface area contributed by atoms with Gasteiger partial charge in [-0.15, -0.1) is 10.2 Å². The lowest BCUT2D eigenvalue weighted by molar-refractivity contribution is 0.475. The van der Waals surface area contributed by atoms with Crippen LogP contribution in [0.4, 0.5) is 0 Å². The molecular weight excluding hydrogens is 406 g/mol. The van der Waals surface area contributed by atoms with Crippen LogP contribution in [0.1, 0.15) is 11.5 Å². The lowest BCUT2D eigenvalue weighted by Gasteiger charge is -1.99. The quantitative estimate of drug-likeness (QED) is 0.476. The fourth-order valence-corrected chi connectivity index (χ4v) is 3.13. The van der Waals surface area contributed by atoms with E-state index in [9.17, 15) is 5.26 Å². The van der Waals surface area contributed by atoms with Gasteiger partial charge in [-0.3, -0.25) is 4.68 Å². The van der Waals surface area contributed by atoms with Crippen molar-refractivity contribution in [1.29, 1.82) is 5.26 Å². The average Bonchev–Trinajstić information content (AvgIpc) is 3.34. The van der Waals surface area contributed by atoms with Crippen molar-refractivity contribution in [1.82, 2.24) is 20.0 Å². The molecule has 27 heavy (non-hydrogen) atoms. The van der Waals surface area contributed by atoms with Gasteiger partial charge in [-0.2, -0.15) is 10.4 Å². The zero-order valence-corrected chi connectivity index (χ0v) is 15.8. The Kier molecular flexibility index (Phi) is 4.81. The van der Waals surface area contributed by atoms with Crippen LogP contribution in [0.25, 0.3) is 22.7 Å². The Balaban J connectivity index is 1.51. The first-order valence-electron chi connectivity index (χ1n) is 8.34. The maximum atomic E-state index is 9.42. The first kappa shape index (κ1) is 17.2. The summed E-state index contributed by atoms with van der Waals surface area (Å²) in [6.45, 7) is 0.541. The number of nitriles is 1. The van der Waals surface area contributed by atoms with Crippen LogP contribution in [0, 0.1) is 11.3 Å². The lowest BCUT2D eigenvalue weighted by atomic mass is 10.1. The molecule has 2 heterocycles. The van der Waals surface area contributed by atoms with Crippen molar-refractivity contribution in [2.45, 2.75) is 13.0 Å². The Bertz CT molecular complexity index is 1110. The Hall–Kier alpha value is -3.24. The van der Waals surface area contributed by atoms with Gasteiger partial charge in [0.2, 0.25) is 11.8 Å². The molecule has 7 heteroatoms. The zero-order valence-electron chi connectivity index (χ0n) is 14.2. The Morgan fingerprint density at radius 2 is 1.85 bits per heavy atom. The minimum atomic E-state index is 0.499. The van der Waals surface area contributed by atoms with Crippen molar-refractivity contribution in [3.8, 4) is 28.8 Å². The molecule has 0 aliphatic heterocycles. The number of nitrogens with zero attached hydrogens (tertiary/aromatic N) is 5. The van der Waals surface area contributed by atoms with Gasteiger partial charge in [0, 0.05) is 34.8 Å². The number of aryl methyl sites for hydroxylation is 2. The first-order chi connectivity index (χ1) is 13.2. The largest absolute Gasteiger partial charge is 0.421 e. The number of hydrogen-bond donors (Lipinski definition) is 0. The molecule has 2 aromatic heterocycles. The number of rotatable bonds is 5. The predicted molar refractivity (Wildman–Crippen MR) is 104 cm³/mol. The summed E-state index contributed by atoms with van der Waals surface area (Å²) in [4.78, 5) is 0. The molecule has 0 radical (unpaired) electrons. The van der Waals surface area contributed by atoms with Gasteiger partial charge in [0.1, 0.15) is 11.8 Å². The summed E-state index contributed by atoms with van der Waals surface area (Å²) in [5.41, 5.74) is 2.97. The third kappa shape index (κ3) is 3.81. The van der Waals surface area contributed by atoms with Crippen LogP contribution in [0.2, 0.25) is 0 Å². The molecule has 0 aliphatic carbocycles. The highest BCUT2D eigenvalue weighted by molar-refractivity contribution is 9.10. The summed E-state index contributed by atoms with van der Waals surface area (Å²) in [5.74, 6) is 1.03. The molecule has 4 rings (SSSR count). The van der Waals surface area contributed by atoms with E-state index < -0.39 is 0 Å². The molecule has 0 saturated heterocycles. The summed E-state index contributed by atoms with van der Waals surface area (Å²) in [6.07, 6.45) is 2.27. The highest BCUT2D eigenvalue weighted by atomic mass is 79.9. The highest BCUT2D eigenvalue weighted by Crippen LogP contribution is 2.25. The van der Waals surface area contributed by atoms with Crippen molar-refractivity contribution in [3.05, 3.63) is 76.7 Å². The van der Waals surface area contributed by atoms with E-state index in [0.29, 0.717) is 36.0 Å². The van der Waals surface area contributed by atoms with Gasteiger partial charge in [-0.1, -0.05) is 46.3 Å². The van der Waals surface area contributed by atoms with Crippen molar-refractivity contribution in [2.24, 2.45) is 0 Å². The maximum absolute atomic E-state index is 9.42. The Morgan fingerprint density at radius 1 is 1.04 bits per heavy atom. The third-order valence-electron chi connectivity index (χ3n) is 4.02. The number of aromatic nitrogens is 4. The summed E-state index contributed by atoms with van der Waals surface area (Å²) in [6, 6.07) is 19.6. The van der Waals surface area contributed by atoms with Crippen molar-refractivity contribution >= 4 is 15.9 Å². The molecule has 0 atom stereocenters. The van der Waals surface area contributed by atoms with Gasteiger partial charge in [0.05, 0.1) is 5.56 Å². The summed E-state index contributed by atoms with van der Waals surface area (Å²) >= 11 is 3.45. The summed E-state index contributed by atoms with van der Waals surface area (Å²) < 4.78 is 8.40. The van der Waals surface area contributed by atoms with Crippen LogP contribution in [-0.4, -0.2) is 20.0 Å². The molecule has 4 aromatic rings. The smallest absolute Gasteiger partial charge is 0.247 e. The number of hydrogen-bond acceptors (Lipinski definition) is 5. The molecule has 132 valence electrons. The fraction of sp³-hybridized carbons (Fsp3) is 0.100. The monoisotopic (exact) mass is 419 g/mol. The fourth-order valence-electron chi connectivity index (χ4n) is 2.73. The van der Waals surface area contributed by atoms with E-state index in [1.807, 2.05) is 54.6 Å². The van der Waals surface area contributed by atoms with Crippen LogP contribution in [0.5, 0.6) is 0 Å². The molecule has 0 bridgehead atoms. The SMILES string of the molecule is N#Cc1cn(CCc2nnc(-c3ccccc3)o2)nc1-c1cccc(Br)c1. The van der Waals surface area contributed by atoms with Gasteiger partial charge in [-0.05, 0) is 24.3 Å². The predicted octanol–water partition coefficient (Wildman–Crippen LogP) is 4.48. The van der Waals surface area contributed by atoms with E-state index in [1.54, 1.807) is 10.9 Å². The minimum absolute atomic E-state index is 0.499. The molecular formula is C20H14BrN5O. The number of halogens is 1. The highest BCUT2D eigenvalue weighted by Gasteiger charge is 2.13. The van der Waals surface area contributed by atoms with Gasteiger partial charge in [0.15, 0.2) is 0 Å². The van der Waals surface area contributed by atoms with Crippen molar-refractivity contribution in [3.63, 3.8) is 0 Å². The number of benzene rings is 2. The zero-order chi connectivity index (χ0) is 18.6. The van der Waals surface area contributed by atoms with E-state index in [1.165, 1.54) is 0 Å². The normalized spacial score (nSPS) is 10.7. The van der Waals surface area contributed by atoms with Crippen LogP contribution >= 0.6 is 15.9 Å². The standard InChI is InChI=1S/C20H14BrN5O/c21-17-8-4-7-15(11-17)19-16(12-22)13-26(25-19)10-9-18-23-24-20(27-18)14-5-2-1-3-6-14/h1-8,11,13H,9-10H2. The van der Waals surface area contributed by atoms with Crippen molar-refractivity contribution in [2.75, 3.05) is 0 Å².